The van der Waals surface area contributed by atoms with E-state index in [2.05, 4.69) is 5.32 Å². The fraction of sp³-hybridized carbons (Fsp3) is 0.500. The molecule has 0 aromatic heterocycles. The molecule has 1 aliphatic heterocycles. The van der Waals surface area contributed by atoms with Crippen LogP contribution in [-0.2, 0) is 4.79 Å². The van der Waals surface area contributed by atoms with Gasteiger partial charge in [0, 0.05) is 6.08 Å². The highest BCUT2D eigenvalue weighted by Gasteiger charge is 2.29. The second-order valence-corrected chi connectivity index (χ2v) is 2.39. The van der Waals surface area contributed by atoms with Crippen LogP contribution in [-0.4, -0.2) is 16.7 Å². The first kappa shape index (κ1) is 6.29. The van der Waals surface area contributed by atoms with Gasteiger partial charge in [-0.05, 0) is 19.4 Å². The summed E-state index contributed by atoms with van der Waals surface area (Å²) in [5.41, 5.74) is -0.454. The molecule has 0 aliphatic carbocycles. The van der Waals surface area contributed by atoms with Gasteiger partial charge in [0.25, 0.3) is 0 Å². The second-order valence-electron chi connectivity index (χ2n) is 2.39. The Bertz CT molecular complexity index is 181. The van der Waals surface area contributed by atoms with Crippen molar-refractivity contribution >= 4 is 5.91 Å². The number of amides is 1. The topological polar surface area (TPSA) is 49.3 Å². The summed E-state index contributed by atoms with van der Waals surface area (Å²) in [6.45, 7) is 3.25. The van der Waals surface area contributed by atoms with Crippen molar-refractivity contribution in [3.05, 3.63) is 11.6 Å². The highest BCUT2D eigenvalue weighted by atomic mass is 16.3. The van der Waals surface area contributed by atoms with E-state index in [1.54, 1.807) is 13.8 Å². The van der Waals surface area contributed by atoms with Gasteiger partial charge in [0.1, 0.15) is 0 Å². The van der Waals surface area contributed by atoms with Crippen LogP contribution in [0.4, 0.5) is 0 Å². The van der Waals surface area contributed by atoms with Gasteiger partial charge < -0.3 is 10.4 Å². The fourth-order valence-corrected chi connectivity index (χ4v) is 0.712. The molecule has 3 nitrogen and oxygen atoms in total. The van der Waals surface area contributed by atoms with Gasteiger partial charge in [0.15, 0.2) is 5.72 Å². The minimum atomic E-state index is -1.11. The van der Waals surface area contributed by atoms with Crippen LogP contribution in [0.1, 0.15) is 13.8 Å². The standard InChI is InChI=1S/C6H9NO2/c1-4-3-5(8)7-6(4,2)9/h3,9H,1-2H3,(H,7,8). The first-order chi connectivity index (χ1) is 4.02. The van der Waals surface area contributed by atoms with E-state index in [4.69, 9.17) is 0 Å². The van der Waals surface area contributed by atoms with E-state index in [1.807, 2.05) is 0 Å². The number of carbonyl (C=O) groups excluding carboxylic acids is 1. The summed E-state index contributed by atoms with van der Waals surface area (Å²) < 4.78 is 0. The zero-order valence-corrected chi connectivity index (χ0v) is 5.43. The molecule has 1 amide bonds. The van der Waals surface area contributed by atoms with Gasteiger partial charge in [-0.1, -0.05) is 0 Å². The molecule has 0 aromatic carbocycles. The van der Waals surface area contributed by atoms with Crippen molar-refractivity contribution in [2.24, 2.45) is 0 Å². The van der Waals surface area contributed by atoms with Crippen LogP contribution in [0, 0.1) is 0 Å². The van der Waals surface area contributed by atoms with Crippen molar-refractivity contribution in [3.8, 4) is 0 Å². The predicted molar refractivity (Wildman–Crippen MR) is 32.5 cm³/mol. The van der Waals surface area contributed by atoms with E-state index in [0.29, 0.717) is 5.57 Å². The van der Waals surface area contributed by atoms with Crippen molar-refractivity contribution < 1.29 is 9.90 Å². The van der Waals surface area contributed by atoms with Gasteiger partial charge in [0.05, 0.1) is 0 Å². The average Bonchev–Trinajstić information content (AvgIpc) is 1.79. The van der Waals surface area contributed by atoms with Crippen LogP contribution in [0.25, 0.3) is 0 Å². The number of rotatable bonds is 0. The van der Waals surface area contributed by atoms with E-state index in [-0.39, 0.29) is 5.91 Å². The van der Waals surface area contributed by atoms with Crippen LogP contribution in [0.3, 0.4) is 0 Å². The third-order valence-corrected chi connectivity index (χ3v) is 1.48. The first-order valence-corrected chi connectivity index (χ1v) is 2.76. The van der Waals surface area contributed by atoms with Gasteiger partial charge in [-0.2, -0.15) is 0 Å². The van der Waals surface area contributed by atoms with Gasteiger partial charge in [-0.3, -0.25) is 4.79 Å². The molecule has 0 saturated heterocycles. The Kier molecular flexibility index (Phi) is 1.10. The lowest BCUT2D eigenvalue weighted by Crippen LogP contribution is -2.40. The zero-order valence-electron chi connectivity index (χ0n) is 5.43. The minimum absolute atomic E-state index is 0.225. The van der Waals surface area contributed by atoms with Crippen LogP contribution in [0.15, 0.2) is 11.6 Å². The van der Waals surface area contributed by atoms with Gasteiger partial charge in [0.2, 0.25) is 5.91 Å². The molecule has 0 aromatic rings. The molecule has 1 aliphatic rings. The Morgan fingerprint density at radius 2 is 2.33 bits per heavy atom. The summed E-state index contributed by atoms with van der Waals surface area (Å²) in [5.74, 6) is -0.225. The Hall–Kier alpha value is -0.830. The molecule has 2 N–H and O–H groups in total. The third kappa shape index (κ3) is 0.954. The number of hydrogen-bond acceptors (Lipinski definition) is 2. The minimum Gasteiger partial charge on any atom is -0.367 e. The Balaban J connectivity index is 2.89. The van der Waals surface area contributed by atoms with E-state index in [1.165, 1.54) is 6.08 Å². The molecule has 1 unspecified atom stereocenters. The first-order valence-electron chi connectivity index (χ1n) is 2.76. The molecule has 50 valence electrons. The van der Waals surface area contributed by atoms with Gasteiger partial charge in [-0.25, -0.2) is 0 Å². The van der Waals surface area contributed by atoms with E-state index in [9.17, 15) is 9.90 Å². The quantitative estimate of drug-likeness (QED) is 0.472. The van der Waals surface area contributed by atoms with Gasteiger partial charge >= 0.3 is 0 Å². The molecular formula is C6H9NO2. The second kappa shape index (κ2) is 1.57. The van der Waals surface area contributed by atoms with Crippen molar-refractivity contribution in [1.29, 1.82) is 0 Å². The molecule has 0 fully saturated rings. The summed E-state index contributed by atoms with van der Waals surface area (Å²) in [6.07, 6.45) is 1.39. The summed E-state index contributed by atoms with van der Waals surface area (Å²) in [6, 6.07) is 0. The van der Waals surface area contributed by atoms with Crippen molar-refractivity contribution in [2.75, 3.05) is 0 Å². The summed E-state index contributed by atoms with van der Waals surface area (Å²) in [4.78, 5) is 10.5. The Morgan fingerprint density at radius 3 is 2.44 bits per heavy atom. The maximum absolute atomic E-state index is 10.5. The SMILES string of the molecule is CC1=CC(=O)NC1(C)O. The molecule has 3 heteroatoms. The van der Waals surface area contributed by atoms with Crippen molar-refractivity contribution in [2.45, 2.75) is 19.6 Å². The van der Waals surface area contributed by atoms with E-state index in [0.717, 1.165) is 0 Å². The number of nitrogens with one attached hydrogen (secondary N) is 1. The molecule has 9 heavy (non-hydrogen) atoms. The lowest BCUT2D eigenvalue weighted by Gasteiger charge is -2.17. The fourth-order valence-electron chi connectivity index (χ4n) is 0.712. The Labute approximate surface area is 53.4 Å². The summed E-state index contributed by atoms with van der Waals surface area (Å²) in [7, 11) is 0. The maximum Gasteiger partial charge on any atom is 0.246 e. The number of hydrogen-bond donors (Lipinski definition) is 2. The van der Waals surface area contributed by atoms with Crippen LogP contribution in [0.2, 0.25) is 0 Å². The predicted octanol–water partition coefficient (Wildman–Crippen LogP) is -0.229. The summed E-state index contributed by atoms with van der Waals surface area (Å²) >= 11 is 0. The van der Waals surface area contributed by atoms with Crippen molar-refractivity contribution in [1.82, 2.24) is 5.32 Å². The largest absolute Gasteiger partial charge is 0.367 e. The van der Waals surface area contributed by atoms with Crippen molar-refractivity contribution in [3.63, 3.8) is 0 Å². The smallest absolute Gasteiger partial charge is 0.246 e. The van der Waals surface area contributed by atoms with Crippen LogP contribution in [0.5, 0.6) is 0 Å². The van der Waals surface area contributed by atoms with E-state index < -0.39 is 5.72 Å². The molecule has 1 rings (SSSR count). The number of carbonyl (C=O) groups is 1. The normalized spacial score (nSPS) is 34.1. The molecule has 0 spiro atoms. The van der Waals surface area contributed by atoms with Crippen LogP contribution < -0.4 is 5.32 Å². The molecule has 0 bridgehead atoms. The average molecular weight is 127 g/mol. The van der Waals surface area contributed by atoms with E-state index >= 15 is 0 Å². The maximum atomic E-state index is 10.5. The molecule has 1 atom stereocenters. The highest BCUT2D eigenvalue weighted by Crippen LogP contribution is 2.16. The monoisotopic (exact) mass is 127 g/mol. The highest BCUT2D eigenvalue weighted by molar-refractivity contribution is 5.92. The zero-order chi connectivity index (χ0) is 7.07. The molecular weight excluding hydrogens is 118 g/mol. The lowest BCUT2D eigenvalue weighted by molar-refractivity contribution is -0.119. The molecule has 0 saturated carbocycles. The van der Waals surface area contributed by atoms with Crippen LogP contribution >= 0.6 is 0 Å². The van der Waals surface area contributed by atoms with Gasteiger partial charge in [-0.15, -0.1) is 0 Å². The number of aliphatic hydroxyl groups is 1. The third-order valence-electron chi connectivity index (χ3n) is 1.48. The Morgan fingerprint density at radius 1 is 1.78 bits per heavy atom. The lowest BCUT2D eigenvalue weighted by atomic mass is 10.1. The molecule has 1 heterocycles. The molecule has 0 radical (unpaired) electrons. The summed E-state index contributed by atoms with van der Waals surface area (Å²) in [5, 5.41) is 11.6.